The number of azide groups is 1. The Kier molecular flexibility index (Phi) is 2.00. The first-order chi connectivity index (χ1) is 8.31. The molecule has 2 aromatic carbocycles. The van der Waals surface area contributed by atoms with Crippen molar-refractivity contribution in [3.05, 3.63) is 46.8 Å². The molecule has 82 valence electrons. The van der Waals surface area contributed by atoms with Crippen molar-refractivity contribution in [2.24, 2.45) is 12.2 Å². The van der Waals surface area contributed by atoms with Crippen molar-refractivity contribution in [2.45, 2.75) is 0 Å². The summed E-state index contributed by atoms with van der Waals surface area (Å²) in [4.78, 5) is 7.16. The van der Waals surface area contributed by atoms with Crippen LogP contribution in [0, 0.1) is 0 Å². The van der Waals surface area contributed by atoms with E-state index in [0.717, 1.165) is 21.8 Å². The van der Waals surface area contributed by atoms with Crippen molar-refractivity contribution < 1.29 is 0 Å². The summed E-state index contributed by atoms with van der Waals surface area (Å²) < 4.78 is 1.79. The van der Waals surface area contributed by atoms with Gasteiger partial charge in [-0.1, -0.05) is 30.3 Å². The van der Waals surface area contributed by atoms with Crippen LogP contribution < -0.4 is 0 Å². The van der Waals surface area contributed by atoms with Crippen LogP contribution in [0.2, 0.25) is 0 Å². The van der Waals surface area contributed by atoms with Gasteiger partial charge in [-0.25, -0.2) is 4.98 Å². The molecule has 3 aromatic rings. The van der Waals surface area contributed by atoms with Crippen LogP contribution >= 0.6 is 0 Å². The van der Waals surface area contributed by atoms with E-state index in [1.807, 2.05) is 43.4 Å². The van der Waals surface area contributed by atoms with Crippen LogP contribution in [-0.2, 0) is 7.05 Å². The molecular formula is C12H9N5. The molecule has 0 saturated carbocycles. The Hall–Kier alpha value is -2.52. The van der Waals surface area contributed by atoms with Crippen molar-refractivity contribution in [2.75, 3.05) is 0 Å². The normalized spacial score (nSPS) is 10.6. The minimum Gasteiger partial charge on any atom is -0.326 e. The molecular weight excluding hydrogens is 214 g/mol. The smallest absolute Gasteiger partial charge is 0.197 e. The van der Waals surface area contributed by atoms with E-state index in [0.29, 0.717) is 5.95 Å². The molecule has 0 aliphatic carbocycles. The number of nitrogens with zero attached hydrogens (tertiary/aromatic N) is 5. The van der Waals surface area contributed by atoms with Gasteiger partial charge in [0, 0.05) is 17.3 Å². The summed E-state index contributed by atoms with van der Waals surface area (Å²) in [6.45, 7) is 0. The van der Waals surface area contributed by atoms with Gasteiger partial charge in [0.05, 0.1) is 11.0 Å². The second-order valence-electron chi connectivity index (χ2n) is 3.81. The number of imidazole rings is 1. The van der Waals surface area contributed by atoms with Gasteiger partial charge < -0.3 is 4.57 Å². The van der Waals surface area contributed by atoms with Crippen molar-refractivity contribution in [1.29, 1.82) is 0 Å². The van der Waals surface area contributed by atoms with Crippen molar-refractivity contribution >= 4 is 27.8 Å². The maximum absolute atomic E-state index is 8.49. The first-order valence-corrected chi connectivity index (χ1v) is 5.20. The van der Waals surface area contributed by atoms with Gasteiger partial charge >= 0.3 is 0 Å². The maximum atomic E-state index is 8.49. The highest BCUT2D eigenvalue weighted by Gasteiger charge is 2.08. The zero-order valence-corrected chi connectivity index (χ0v) is 9.20. The zero-order valence-electron chi connectivity index (χ0n) is 9.20. The third-order valence-electron chi connectivity index (χ3n) is 2.89. The number of hydrogen-bond donors (Lipinski definition) is 0. The van der Waals surface area contributed by atoms with Gasteiger partial charge in [0.2, 0.25) is 0 Å². The molecule has 5 heteroatoms. The summed E-state index contributed by atoms with van der Waals surface area (Å²) in [5.41, 5.74) is 10.3. The number of aryl methyl sites for hydroxylation is 1. The summed E-state index contributed by atoms with van der Waals surface area (Å²) in [6.07, 6.45) is 0. The largest absolute Gasteiger partial charge is 0.326 e. The number of fused-ring (bicyclic) bond motifs is 3. The zero-order chi connectivity index (χ0) is 11.8. The Bertz CT molecular complexity index is 765. The topological polar surface area (TPSA) is 66.6 Å². The quantitative estimate of drug-likeness (QED) is 0.352. The highest BCUT2D eigenvalue weighted by molar-refractivity contribution is 6.04. The van der Waals surface area contributed by atoms with Gasteiger partial charge in [0.1, 0.15) is 0 Å². The molecule has 0 N–H and O–H groups in total. The molecule has 3 rings (SSSR count). The van der Waals surface area contributed by atoms with E-state index in [4.69, 9.17) is 5.53 Å². The summed E-state index contributed by atoms with van der Waals surface area (Å²) in [6, 6.07) is 12.1. The van der Waals surface area contributed by atoms with Gasteiger partial charge in [-0.05, 0) is 22.1 Å². The van der Waals surface area contributed by atoms with Crippen molar-refractivity contribution in [3.63, 3.8) is 0 Å². The third-order valence-corrected chi connectivity index (χ3v) is 2.89. The van der Waals surface area contributed by atoms with Crippen LogP contribution in [0.25, 0.3) is 32.2 Å². The van der Waals surface area contributed by atoms with E-state index in [-0.39, 0.29) is 0 Å². The number of aromatic nitrogens is 2. The van der Waals surface area contributed by atoms with Gasteiger partial charge in [0.15, 0.2) is 5.95 Å². The summed E-state index contributed by atoms with van der Waals surface area (Å²) in [5, 5.41) is 5.78. The first-order valence-electron chi connectivity index (χ1n) is 5.20. The lowest BCUT2D eigenvalue weighted by Crippen LogP contribution is -1.85. The van der Waals surface area contributed by atoms with Gasteiger partial charge in [0.25, 0.3) is 0 Å². The minimum atomic E-state index is 0.388. The molecule has 17 heavy (non-hydrogen) atoms. The van der Waals surface area contributed by atoms with E-state index in [2.05, 4.69) is 15.0 Å². The highest BCUT2D eigenvalue weighted by Crippen LogP contribution is 2.27. The van der Waals surface area contributed by atoms with E-state index in [9.17, 15) is 0 Å². The molecule has 5 nitrogen and oxygen atoms in total. The Morgan fingerprint density at radius 2 is 2.06 bits per heavy atom. The van der Waals surface area contributed by atoms with Crippen LogP contribution in [-0.4, -0.2) is 9.55 Å². The molecule has 0 bridgehead atoms. The predicted molar refractivity (Wildman–Crippen MR) is 67.0 cm³/mol. The van der Waals surface area contributed by atoms with E-state index in [1.54, 1.807) is 4.57 Å². The minimum absolute atomic E-state index is 0.388. The number of benzene rings is 2. The summed E-state index contributed by atoms with van der Waals surface area (Å²) >= 11 is 0. The van der Waals surface area contributed by atoms with Gasteiger partial charge in [-0.15, -0.1) is 0 Å². The lowest BCUT2D eigenvalue weighted by atomic mass is 10.1. The Balaban J connectivity index is 2.51. The average Bonchev–Trinajstić information content (AvgIpc) is 2.68. The Morgan fingerprint density at radius 3 is 2.88 bits per heavy atom. The second kappa shape index (κ2) is 3.50. The number of rotatable bonds is 1. The third kappa shape index (κ3) is 1.33. The first kappa shape index (κ1) is 9.69. The van der Waals surface area contributed by atoms with E-state index < -0.39 is 0 Å². The fourth-order valence-corrected chi connectivity index (χ4v) is 2.04. The van der Waals surface area contributed by atoms with Crippen LogP contribution in [0.3, 0.4) is 0 Å². The fourth-order valence-electron chi connectivity index (χ4n) is 2.04. The molecule has 0 saturated heterocycles. The van der Waals surface area contributed by atoms with Crippen LogP contribution in [0.1, 0.15) is 0 Å². The highest BCUT2D eigenvalue weighted by atomic mass is 15.3. The van der Waals surface area contributed by atoms with Gasteiger partial charge in [-0.3, -0.25) is 0 Å². The molecule has 0 unspecified atom stereocenters. The Labute approximate surface area is 96.9 Å². The molecule has 0 spiro atoms. The maximum Gasteiger partial charge on any atom is 0.197 e. The molecule has 1 heterocycles. The van der Waals surface area contributed by atoms with Gasteiger partial charge in [-0.2, -0.15) is 0 Å². The molecule has 0 aliphatic rings. The lowest BCUT2D eigenvalue weighted by Gasteiger charge is -1.99. The number of hydrogen-bond acceptors (Lipinski definition) is 2. The van der Waals surface area contributed by atoms with Crippen LogP contribution in [0.4, 0.5) is 5.95 Å². The van der Waals surface area contributed by atoms with Crippen molar-refractivity contribution in [3.8, 4) is 0 Å². The molecule has 0 radical (unpaired) electrons. The monoisotopic (exact) mass is 223 g/mol. The molecule has 0 fully saturated rings. The van der Waals surface area contributed by atoms with Crippen LogP contribution in [0.15, 0.2) is 41.5 Å². The molecule has 0 amide bonds. The average molecular weight is 223 g/mol. The van der Waals surface area contributed by atoms with E-state index >= 15 is 0 Å². The summed E-state index contributed by atoms with van der Waals surface area (Å²) in [7, 11) is 1.84. The van der Waals surface area contributed by atoms with E-state index in [1.165, 1.54) is 0 Å². The lowest BCUT2D eigenvalue weighted by molar-refractivity contribution is 0.940. The Morgan fingerprint density at radius 1 is 1.24 bits per heavy atom. The predicted octanol–water partition coefficient (Wildman–Crippen LogP) is 3.67. The van der Waals surface area contributed by atoms with Crippen LogP contribution in [0.5, 0.6) is 0 Å². The molecule has 0 aliphatic heterocycles. The molecule has 0 atom stereocenters. The molecule has 1 aromatic heterocycles. The SMILES string of the molecule is Cn1c(N=[N+]=[N-])nc2c3ccccc3ccc21. The second-order valence-corrected chi connectivity index (χ2v) is 3.81. The fraction of sp³-hybridized carbons (Fsp3) is 0.0833. The summed E-state index contributed by atoms with van der Waals surface area (Å²) in [5.74, 6) is 0.388. The van der Waals surface area contributed by atoms with Crippen molar-refractivity contribution in [1.82, 2.24) is 9.55 Å². The standard InChI is InChI=1S/C12H9N5/c1-17-10-7-6-8-4-2-3-5-9(8)11(10)14-12(17)15-16-13/h2-7H,1H3.